The molecule has 22 heavy (non-hydrogen) atoms. The Bertz CT molecular complexity index is 569. The van der Waals surface area contributed by atoms with Crippen molar-refractivity contribution in [2.24, 2.45) is 11.8 Å². The van der Waals surface area contributed by atoms with Crippen LogP contribution < -0.4 is 10.2 Å². The highest BCUT2D eigenvalue weighted by Crippen LogP contribution is 2.27. The molecule has 1 aliphatic heterocycles. The standard InChI is InChI=1S/C15H20ClN3O3/c1-10-5-11(2)8-18(7-10)9-15(20)17-13-4-3-12(16)6-14(13)19(21)22/h3-4,6,10-11H,5,7-9H2,1-2H3,(H,17,20)/p+1/t10-,11+. The van der Waals surface area contributed by atoms with Crippen molar-refractivity contribution >= 4 is 28.9 Å². The summed E-state index contributed by atoms with van der Waals surface area (Å²) in [6.07, 6.45) is 1.19. The lowest BCUT2D eigenvalue weighted by Gasteiger charge is -2.31. The number of quaternary nitrogens is 1. The Labute approximate surface area is 134 Å². The maximum absolute atomic E-state index is 12.2. The lowest BCUT2D eigenvalue weighted by atomic mass is 9.92. The van der Waals surface area contributed by atoms with Crippen molar-refractivity contribution in [2.45, 2.75) is 20.3 Å². The van der Waals surface area contributed by atoms with Gasteiger partial charge in [-0.05, 0) is 18.6 Å². The molecular formula is C15H21ClN3O3+. The Morgan fingerprint density at radius 2 is 2.05 bits per heavy atom. The number of nitro groups is 1. The number of hydrogen-bond donors (Lipinski definition) is 2. The second kappa shape index (κ2) is 7.07. The molecule has 1 saturated heterocycles. The van der Waals surface area contributed by atoms with Crippen LogP contribution >= 0.6 is 11.6 Å². The van der Waals surface area contributed by atoms with Crippen LogP contribution in [0.3, 0.4) is 0 Å². The molecule has 1 amide bonds. The van der Waals surface area contributed by atoms with Gasteiger partial charge in [0, 0.05) is 22.9 Å². The molecule has 6 nitrogen and oxygen atoms in total. The van der Waals surface area contributed by atoms with Crippen molar-refractivity contribution in [1.29, 1.82) is 0 Å². The van der Waals surface area contributed by atoms with Crippen LogP contribution in [0.5, 0.6) is 0 Å². The molecule has 1 heterocycles. The summed E-state index contributed by atoms with van der Waals surface area (Å²) in [5, 5.41) is 13.9. The number of nitrogens with one attached hydrogen (secondary N) is 2. The Balaban J connectivity index is 2.02. The lowest BCUT2D eigenvalue weighted by Crippen LogP contribution is -3.15. The molecular weight excluding hydrogens is 306 g/mol. The molecule has 1 aromatic rings. The third-order valence-electron chi connectivity index (χ3n) is 3.92. The van der Waals surface area contributed by atoms with Crippen molar-refractivity contribution < 1.29 is 14.6 Å². The second-order valence-corrected chi connectivity index (χ2v) is 6.68. The van der Waals surface area contributed by atoms with Crippen molar-refractivity contribution in [3.8, 4) is 0 Å². The maximum atomic E-state index is 12.2. The molecule has 0 aliphatic carbocycles. The van der Waals surface area contributed by atoms with Crippen LogP contribution in [0.25, 0.3) is 0 Å². The minimum atomic E-state index is -0.542. The summed E-state index contributed by atoms with van der Waals surface area (Å²) >= 11 is 5.76. The molecule has 0 radical (unpaired) electrons. The molecule has 2 N–H and O–H groups in total. The first-order valence-electron chi connectivity index (χ1n) is 7.42. The third kappa shape index (κ3) is 4.42. The zero-order valence-electron chi connectivity index (χ0n) is 12.8. The van der Waals surface area contributed by atoms with E-state index in [9.17, 15) is 14.9 Å². The Hall–Kier alpha value is -1.66. The average molecular weight is 327 g/mol. The van der Waals surface area contributed by atoms with Crippen LogP contribution in [0.2, 0.25) is 5.02 Å². The number of amides is 1. The fourth-order valence-electron chi connectivity index (χ4n) is 3.25. The Morgan fingerprint density at radius 1 is 1.41 bits per heavy atom. The van der Waals surface area contributed by atoms with E-state index in [4.69, 9.17) is 11.6 Å². The van der Waals surface area contributed by atoms with Gasteiger partial charge in [-0.3, -0.25) is 14.9 Å². The van der Waals surface area contributed by atoms with E-state index in [2.05, 4.69) is 19.2 Å². The number of nitrogens with zero attached hydrogens (tertiary/aromatic N) is 1. The summed E-state index contributed by atoms with van der Waals surface area (Å²) in [7, 11) is 0. The molecule has 7 heteroatoms. The van der Waals surface area contributed by atoms with Gasteiger partial charge in [0.05, 0.1) is 18.0 Å². The molecule has 0 spiro atoms. The van der Waals surface area contributed by atoms with Gasteiger partial charge in [-0.1, -0.05) is 25.4 Å². The number of piperidine rings is 1. The highest BCUT2D eigenvalue weighted by Gasteiger charge is 2.27. The van der Waals surface area contributed by atoms with E-state index in [0.29, 0.717) is 18.4 Å². The van der Waals surface area contributed by atoms with E-state index in [1.807, 2.05) is 0 Å². The Morgan fingerprint density at radius 3 is 2.64 bits per heavy atom. The van der Waals surface area contributed by atoms with E-state index in [-0.39, 0.29) is 22.3 Å². The average Bonchev–Trinajstić information content (AvgIpc) is 2.39. The number of nitro benzene ring substituents is 1. The largest absolute Gasteiger partial charge is 0.327 e. The smallest absolute Gasteiger partial charge is 0.294 e. The molecule has 1 fully saturated rings. The molecule has 0 aromatic heterocycles. The SMILES string of the molecule is C[C@@H]1C[C@H](C)C[NH+](CC(=O)Nc2ccc(Cl)cc2[N+](=O)[O-])C1. The first-order chi connectivity index (χ1) is 10.3. The van der Waals surface area contributed by atoms with Crippen molar-refractivity contribution in [1.82, 2.24) is 0 Å². The normalized spacial score (nSPS) is 24.8. The summed E-state index contributed by atoms with van der Waals surface area (Å²) in [6.45, 7) is 6.63. The van der Waals surface area contributed by atoms with Crippen LogP contribution in [0.4, 0.5) is 11.4 Å². The minimum absolute atomic E-state index is 0.184. The first kappa shape index (κ1) is 16.7. The summed E-state index contributed by atoms with van der Waals surface area (Å²) in [5.74, 6) is 0.981. The van der Waals surface area contributed by atoms with Gasteiger partial charge in [-0.25, -0.2) is 0 Å². The predicted molar refractivity (Wildman–Crippen MR) is 85.2 cm³/mol. The van der Waals surface area contributed by atoms with Gasteiger partial charge in [-0.15, -0.1) is 0 Å². The van der Waals surface area contributed by atoms with E-state index in [1.165, 1.54) is 29.5 Å². The van der Waals surface area contributed by atoms with Gasteiger partial charge in [0.25, 0.3) is 11.6 Å². The predicted octanol–water partition coefficient (Wildman–Crippen LogP) is 1.75. The monoisotopic (exact) mass is 326 g/mol. The summed E-state index contributed by atoms with van der Waals surface area (Å²) in [5.41, 5.74) is 0.00753. The second-order valence-electron chi connectivity index (χ2n) is 6.25. The van der Waals surface area contributed by atoms with Crippen LogP contribution in [-0.4, -0.2) is 30.5 Å². The van der Waals surface area contributed by atoms with Gasteiger partial charge in [0.2, 0.25) is 0 Å². The quantitative estimate of drug-likeness (QED) is 0.653. The molecule has 3 atom stereocenters. The van der Waals surface area contributed by atoms with Crippen molar-refractivity contribution in [3.63, 3.8) is 0 Å². The number of carbonyl (C=O) groups is 1. The van der Waals surface area contributed by atoms with E-state index >= 15 is 0 Å². The topological polar surface area (TPSA) is 76.7 Å². The molecule has 2 rings (SSSR count). The zero-order chi connectivity index (χ0) is 16.3. The first-order valence-corrected chi connectivity index (χ1v) is 7.80. The van der Waals surface area contributed by atoms with Crippen molar-refractivity contribution in [3.05, 3.63) is 33.3 Å². The van der Waals surface area contributed by atoms with E-state index in [0.717, 1.165) is 13.1 Å². The highest BCUT2D eigenvalue weighted by atomic mass is 35.5. The van der Waals surface area contributed by atoms with Gasteiger partial charge < -0.3 is 10.2 Å². The number of rotatable bonds is 4. The third-order valence-corrected chi connectivity index (χ3v) is 4.16. The number of halogens is 1. The van der Waals surface area contributed by atoms with Crippen LogP contribution in [-0.2, 0) is 4.79 Å². The van der Waals surface area contributed by atoms with Gasteiger partial charge >= 0.3 is 0 Å². The fraction of sp³-hybridized carbons (Fsp3) is 0.533. The van der Waals surface area contributed by atoms with Crippen LogP contribution in [0, 0.1) is 22.0 Å². The maximum Gasteiger partial charge on any atom is 0.294 e. The number of anilines is 1. The molecule has 0 saturated carbocycles. The molecule has 1 unspecified atom stereocenters. The van der Waals surface area contributed by atoms with Gasteiger partial charge in [0.15, 0.2) is 6.54 Å². The minimum Gasteiger partial charge on any atom is -0.327 e. The number of hydrogen-bond acceptors (Lipinski definition) is 3. The lowest BCUT2D eigenvalue weighted by molar-refractivity contribution is -0.904. The van der Waals surface area contributed by atoms with E-state index in [1.54, 1.807) is 0 Å². The Kier molecular flexibility index (Phi) is 5.37. The van der Waals surface area contributed by atoms with Gasteiger partial charge in [-0.2, -0.15) is 0 Å². The molecule has 1 aliphatic rings. The molecule has 0 bridgehead atoms. The zero-order valence-corrected chi connectivity index (χ0v) is 13.5. The summed E-state index contributed by atoms with van der Waals surface area (Å²) in [6, 6.07) is 4.24. The van der Waals surface area contributed by atoms with Crippen LogP contribution in [0.1, 0.15) is 20.3 Å². The summed E-state index contributed by atoms with van der Waals surface area (Å²) < 4.78 is 0. The number of benzene rings is 1. The van der Waals surface area contributed by atoms with Crippen molar-refractivity contribution in [2.75, 3.05) is 25.0 Å². The molecule has 120 valence electrons. The summed E-state index contributed by atoms with van der Waals surface area (Å²) in [4.78, 5) is 23.9. The van der Waals surface area contributed by atoms with E-state index < -0.39 is 4.92 Å². The molecule has 1 aromatic carbocycles. The van der Waals surface area contributed by atoms with Crippen LogP contribution in [0.15, 0.2) is 18.2 Å². The number of carbonyl (C=O) groups excluding carboxylic acids is 1. The fourth-order valence-corrected chi connectivity index (χ4v) is 3.42. The highest BCUT2D eigenvalue weighted by molar-refractivity contribution is 6.31. The van der Waals surface area contributed by atoms with Gasteiger partial charge in [0.1, 0.15) is 5.69 Å². The number of likely N-dealkylation sites (tertiary alicyclic amines) is 1.